The molecule has 25 heteroatoms. The number of primary amides is 3. The van der Waals surface area contributed by atoms with E-state index in [1.807, 2.05) is 0 Å². The van der Waals surface area contributed by atoms with Gasteiger partial charge >= 0.3 is 0 Å². The smallest absolute Gasteiger partial charge is 0.243 e. The van der Waals surface area contributed by atoms with Gasteiger partial charge in [0.2, 0.25) is 65.0 Å². The van der Waals surface area contributed by atoms with Crippen molar-refractivity contribution in [1.82, 2.24) is 47.4 Å². The van der Waals surface area contributed by atoms with Crippen molar-refractivity contribution in [3.63, 3.8) is 0 Å². The van der Waals surface area contributed by atoms with Crippen LogP contribution in [0.4, 0.5) is 0 Å². The average Bonchev–Trinajstić information content (AvgIpc) is 3.79. The zero-order valence-corrected chi connectivity index (χ0v) is 38.2. The molecule has 1 saturated heterocycles. The number of carbonyl (C=O) groups is 11. The second-order valence-corrected chi connectivity index (χ2v) is 16.2. The van der Waals surface area contributed by atoms with Gasteiger partial charge in [0.1, 0.15) is 42.0 Å². The van der Waals surface area contributed by atoms with Crippen LogP contribution in [0.1, 0.15) is 77.2 Å². The van der Waals surface area contributed by atoms with E-state index in [4.69, 9.17) is 22.9 Å². The van der Waals surface area contributed by atoms with Crippen LogP contribution in [0.5, 0.6) is 5.75 Å². The number of amides is 11. The van der Waals surface area contributed by atoms with E-state index in [1.165, 1.54) is 29.2 Å². The maximum Gasteiger partial charge on any atom is 0.243 e. The van der Waals surface area contributed by atoms with Crippen LogP contribution in [0, 0.1) is 5.92 Å². The Hall–Kier alpha value is -6.89. The molecule has 372 valence electrons. The maximum absolute atomic E-state index is 13.9. The number of phenolic OH excluding ortho intramolecular Hbond substituents is 1. The van der Waals surface area contributed by atoms with Gasteiger partial charge in [-0.15, -0.1) is 0 Å². The lowest BCUT2D eigenvalue weighted by molar-refractivity contribution is -0.140. The lowest BCUT2D eigenvalue weighted by Crippen LogP contribution is -2.60. The average molecular weight is 946 g/mol. The molecule has 1 fully saturated rings. The van der Waals surface area contributed by atoms with Crippen molar-refractivity contribution in [3.05, 3.63) is 29.8 Å². The van der Waals surface area contributed by atoms with Gasteiger partial charge in [-0.05, 0) is 75.7 Å². The molecule has 0 spiro atoms. The summed E-state index contributed by atoms with van der Waals surface area (Å²) in [5.41, 5.74) is 21.9. The highest BCUT2D eigenvalue weighted by atomic mass is 16.3. The van der Waals surface area contributed by atoms with E-state index in [0.29, 0.717) is 37.8 Å². The second-order valence-electron chi connectivity index (χ2n) is 16.2. The van der Waals surface area contributed by atoms with E-state index in [9.17, 15) is 57.8 Å². The summed E-state index contributed by atoms with van der Waals surface area (Å²) in [4.78, 5) is 143. The van der Waals surface area contributed by atoms with Gasteiger partial charge < -0.3 is 75.5 Å². The van der Waals surface area contributed by atoms with Crippen molar-refractivity contribution >= 4 is 65.0 Å². The Morgan fingerprint density at radius 2 is 1.33 bits per heavy atom. The number of hydrogen-bond donors (Lipinski definition) is 13. The molecular weight excluding hydrogens is 879 g/mol. The van der Waals surface area contributed by atoms with Gasteiger partial charge in [-0.3, -0.25) is 52.7 Å². The first-order valence-corrected chi connectivity index (χ1v) is 22.0. The first kappa shape index (κ1) is 56.2. The SMILES string of the molecule is CCC(C)C(NC(=O)C(Cc1ccc(O)cc1)NC(=O)CN)C(=O)NC(CCC(N)=O)C(=O)NC(CC(N)=O)C(=O)NCC(=O)N1CCCC1C(=O)NC(CCCCNC)C(=O)NCC(N)=O. The molecule has 2 rings (SSSR count). The minimum absolute atomic E-state index is 0.0306. The third-order valence-corrected chi connectivity index (χ3v) is 10.9. The third kappa shape index (κ3) is 20.0. The zero-order valence-electron chi connectivity index (χ0n) is 38.2. The molecule has 25 nitrogen and oxygen atoms in total. The van der Waals surface area contributed by atoms with Crippen molar-refractivity contribution in [2.75, 3.05) is 39.8 Å². The van der Waals surface area contributed by atoms with E-state index in [2.05, 4.69) is 42.5 Å². The molecule has 1 heterocycles. The molecule has 0 aromatic heterocycles. The molecule has 0 saturated carbocycles. The number of phenols is 1. The minimum Gasteiger partial charge on any atom is -0.508 e. The van der Waals surface area contributed by atoms with Crippen LogP contribution in [0.25, 0.3) is 0 Å². The lowest BCUT2D eigenvalue weighted by atomic mass is 9.96. The van der Waals surface area contributed by atoms with E-state index in [0.717, 1.165) is 0 Å². The second kappa shape index (κ2) is 28.9. The van der Waals surface area contributed by atoms with Gasteiger partial charge in [0.05, 0.1) is 26.1 Å². The summed E-state index contributed by atoms with van der Waals surface area (Å²) in [7, 11) is 1.76. The number of likely N-dealkylation sites (tertiary alicyclic amines) is 1. The molecule has 0 aliphatic carbocycles. The van der Waals surface area contributed by atoms with Crippen molar-refractivity contribution in [1.29, 1.82) is 0 Å². The van der Waals surface area contributed by atoms with Crippen LogP contribution in [-0.4, -0.2) is 151 Å². The number of nitrogens with zero attached hydrogens (tertiary/aromatic N) is 1. The molecule has 11 amide bonds. The number of rotatable bonds is 30. The Kier molecular flexibility index (Phi) is 24.3. The third-order valence-electron chi connectivity index (χ3n) is 10.9. The summed E-state index contributed by atoms with van der Waals surface area (Å²) in [5.74, 6) is -9.72. The normalized spacial score (nSPS) is 15.8. The van der Waals surface area contributed by atoms with Gasteiger partial charge in [-0.2, -0.15) is 0 Å². The van der Waals surface area contributed by atoms with Gasteiger partial charge in [-0.1, -0.05) is 32.4 Å². The summed E-state index contributed by atoms with van der Waals surface area (Å²) in [5, 5.41) is 30.0. The molecule has 1 aromatic rings. The van der Waals surface area contributed by atoms with Crippen LogP contribution in [0.2, 0.25) is 0 Å². The Morgan fingerprint density at radius 3 is 1.93 bits per heavy atom. The molecule has 1 aliphatic heterocycles. The predicted molar refractivity (Wildman–Crippen MR) is 240 cm³/mol. The topological polar surface area (TPSA) is 412 Å². The van der Waals surface area contributed by atoms with Gasteiger partial charge in [0.25, 0.3) is 0 Å². The molecule has 1 aromatic carbocycles. The summed E-state index contributed by atoms with van der Waals surface area (Å²) >= 11 is 0. The number of unbranched alkanes of at least 4 members (excludes halogenated alkanes) is 1. The Labute approximate surface area is 388 Å². The van der Waals surface area contributed by atoms with E-state index in [-0.39, 0.29) is 31.6 Å². The fraction of sp³-hybridized carbons (Fsp3) is 0.595. The number of carbonyl (C=O) groups excluding carboxylic acids is 11. The van der Waals surface area contributed by atoms with E-state index >= 15 is 0 Å². The highest BCUT2D eigenvalue weighted by Gasteiger charge is 2.37. The first-order valence-electron chi connectivity index (χ1n) is 22.0. The van der Waals surface area contributed by atoms with Gasteiger partial charge in [0.15, 0.2) is 0 Å². The Morgan fingerprint density at radius 1 is 0.716 bits per heavy atom. The molecule has 1 aliphatic rings. The number of aromatic hydroxyl groups is 1. The largest absolute Gasteiger partial charge is 0.508 e. The van der Waals surface area contributed by atoms with Crippen LogP contribution in [0.3, 0.4) is 0 Å². The first-order chi connectivity index (χ1) is 31.7. The van der Waals surface area contributed by atoms with Crippen molar-refractivity contribution in [2.45, 2.75) is 114 Å². The molecular formula is C42H67N13O12. The van der Waals surface area contributed by atoms with Crippen molar-refractivity contribution in [3.8, 4) is 5.75 Å². The quantitative estimate of drug-likeness (QED) is 0.0321. The fourth-order valence-corrected chi connectivity index (χ4v) is 7.00. The summed E-state index contributed by atoms with van der Waals surface area (Å²) in [6.45, 7) is 2.56. The van der Waals surface area contributed by atoms with Crippen LogP contribution >= 0.6 is 0 Å². The standard InChI is InChI=1S/C42H67N13O12/c1-4-23(2)36(54-40(65)28(50-34(60)20-43)18-24-10-12-25(56)13-11-24)42(67)52-27(14-15-31(44)57)39(64)53-29(19-32(45)58)38(63)49-22-35(61)55-17-7-9-30(55)41(66)51-26(8-5-6-16-47-3)37(62)48-21-33(46)59/h10-13,23,26-30,36,47,56H,4-9,14-22,43H2,1-3H3,(H2,44,57)(H2,45,58)(H2,46,59)(H,48,62)(H,49,63)(H,50,60)(H,51,66)(H,52,67)(H,53,64)(H,54,65). The Bertz CT molecular complexity index is 1920. The van der Waals surface area contributed by atoms with E-state index in [1.54, 1.807) is 20.9 Å². The lowest BCUT2D eigenvalue weighted by Gasteiger charge is -2.29. The van der Waals surface area contributed by atoms with Crippen molar-refractivity contribution in [2.24, 2.45) is 28.9 Å². The number of nitrogens with one attached hydrogen (secondary N) is 8. The van der Waals surface area contributed by atoms with Gasteiger partial charge in [0, 0.05) is 19.4 Å². The molecule has 7 atom stereocenters. The van der Waals surface area contributed by atoms with Crippen molar-refractivity contribution < 1.29 is 57.8 Å². The fourth-order valence-electron chi connectivity index (χ4n) is 7.00. The molecule has 17 N–H and O–H groups in total. The van der Waals surface area contributed by atoms with Gasteiger partial charge in [-0.25, -0.2) is 0 Å². The Balaban J connectivity index is 2.23. The summed E-state index contributed by atoms with van der Waals surface area (Å²) in [6, 6.07) is -2.06. The number of nitrogens with two attached hydrogens (primary N) is 4. The highest BCUT2D eigenvalue weighted by Crippen LogP contribution is 2.19. The van der Waals surface area contributed by atoms with Crippen LogP contribution < -0.4 is 65.5 Å². The molecule has 0 bridgehead atoms. The molecule has 67 heavy (non-hydrogen) atoms. The highest BCUT2D eigenvalue weighted by molar-refractivity contribution is 5.98. The summed E-state index contributed by atoms with van der Waals surface area (Å²) < 4.78 is 0. The van der Waals surface area contributed by atoms with E-state index < -0.39 is 146 Å². The summed E-state index contributed by atoms with van der Waals surface area (Å²) in [6.07, 6.45) is 0.766. The minimum atomic E-state index is -1.71. The zero-order chi connectivity index (χ0) is 50.2. The molecule has 7 unspecified atom stereocenters. The molecule has 0 radical (unpaired) electrons. The maximum atomic E-state index is 13.9. The monoisotopic (exact) mass is 946 g/mol. The number of hydrogen-bond acceptors (Lipinski definition) is 14. The van der Waals surface area contributed by atoms with Crippen LogP contribution in [0.15, 0.2) is 24.3 Å². The predicted octanol–water partition coefficient (Wildman–Crippen LogP) is -5.40. The van der Waals surface area contributed by atoms with Crippen LogP contribution in [-0.2, 0) is 59.2 Å². The number of benzene rings is 1.